The summed E-state index contributed by atoms with van der Waals surface area (Å²) in [7, 11) is 2.13. The SMILES string of the molecule is CN1C2=C(C=O)CCCC2(Cc2ccccc2)c2c1ccc1ccccc21. The second-order valence-corrected chi connectivity index (χ2v) is 7.83. The molecule has 0 saturated carbocycles. The topological polar surface area (TPSA) is 20.3 Å². The fourth-order valence-corrected chi connectivity index (χ4v) is 5.39. The summed E-state index contributed by atoms with van der Waals surface area (Å²) in [5.41, 5.74) is 6.05. The zero-order valence-electron chi connectivity index (χ0n) is 15.6. The smallest absolute Gasteiger partial charge is 0.147 e. The van der Waals surface area contributed by atoms with Crippen molar-refractivity contribution in [1.82, 2.24) is 0 Å². The van der Waals surface area contributed by atoms with E-state index in [-0.39, 0.29) is 5.41 Å². The van der Waals surface area contributed by atoms with Crippen LogP contribution in [-0.4, -0.2) is 13.3 Å². The molecule has 3 aromatic carbocycles. The quantitative estimate of drug-likeness (QED) is 0.587. The van der Waals surface area contributed by atoms with Gasteiger partial charge in [-0.3, -0.25) is 4.79 Å². The number of rotatable bonds is 3. The van der Waals surface area contributed by atoms with Crippen molar-refractivity contribution >= 4 is 22.7 Å². The fraction of sp³-hybridized carbons (Fsp3) is 0.240. The molecule has 1 atom stereocenters. The van der Waals surface area contributed by atoms with Crippen molar-refractivity contribution in [3.63, 3.8) is 0 Å². The molecule has 1 aliphatic heterocycles. The fourth-order valence-electron chi connectivity index (χ4n) is 5.39. The van der Waals surface area contributed by atoms with Crippen LogP contribution in [0.15, 0.2) is 78.0 Å². The Balaban J connectivity index is 1.85. The van der Waals surface area contributed by atoms with Gasteiger partial charge in [0.1, 0.15) is 6.29 Å². The number of hydrogen-bond donors (Lipinski definition) is 0. The van der Waals surface area contributed by atoms with Gasteiger partial charge in [-0.25, -0.2) is 0 Å². The molecule has 0 spiro atoms. The molecule has 0 bridgehead atoms. The molecule has 1 unspecified atom stereocenters. The Morgan fingerprint density at radius 3 is 2.59 bits per heavy atom. The van der Waals surface area contributed by atoms with E-state index in [0.29, 0.717) is 0 Å². The van der Waals surface area contributed by atoms with Crippen LogP contribution < -0.4 is 4.90 Å². The Hall–Kier alpha value is -2.87. The molecular formula is C25H23NO. The van der Waals surface area contributed by atoms with Gasteiger partial charge in [0.15, 0.2) is 0 Å². The molecule has 1 heterocycles. The summed E-state index contributed by atoms with van der Waals surface area (Å²) < 4.78 is 0. The van der Waals surface area contributed by atoms with E-state index in [1.54, 1.807) is 0 Å². The van der Waals surface area contributed by atoms with Crippen LogP contribution in [0.3, 0.4) is 0 Å². The van der Waals surface area contributed by atoms with E-state index >= 15 is 0 Å². The highest BCUT2D eigenvalue weighted by molar-refractivity contribution is 5.96. The lowest BCUT2D eigenvalue weighted by molar-refractivity contribution is -0.105. The molecule has 3 aromatic rings. The number of anilines is 1. The lowest BCUT2D eigenvalue weighted by atomic mass is 9.66. The van der Waals surface area contributed by atoms with E-state index < -0.39 is 0 Å². The molecule has 0 radical (unpaired) electrons. The van der Waals surface area contributed by atoms with Gasteiger partial charge >= 0.3 is 0 Å². The number of fused-ring (bicyclic) bond motifs is 5. The molecular weight excluding hydrogens is 330 g/mol. The van der Waals surface area contributed by atoms with Gasteiger partial charge < -0.3 is 4.90 Å². The first-order valence-corrected chi connectivity index (χ1v) is 9.73. The first-order chi connectivity index (χ1) is 13.2. The molecule has 134 valence electrons. The Morgan fingerprint density at radius 2 is 1.78 bits per heavy atom. The van der Waals surface area contributed by atoms with Gasteiger partial charge in [-0.2, -0.15) is 0 Å². The van der Waals surface area contributed by atoms with E-state index in [0.717, 1.165) is 37.5 Å². The highest BCUT2D eigenvalue weighted by atomic mass is 16.1. The molecule has 0 aromatic heterocycles. The van der Waals surface area contributed by atoms with Crippen molar-refractivity contribution in [2.24, 2.45) is 0 Å². The van der Waals surface area contributed by atoms with E-state index in [1.807, 2.05) is 0 Å². The van der Waals surface area contributed by atoms with Crippen molar-refractivity contribution in [2.75, 3.05) is 11.9 Å². The Bertz CT molecular complexity index is 1070. The average molecular weight is 353 g/mol. The predicted molar refractivity (Wildman–Crippen MR) is 111 cm³/mol. The molecule has 0 N–H and O–H groups in total. The lowest BCUT2D eigenvalue weighted by Crippen LogP contribution is -2.36. The Labute approximate surface area is 160 Å². The minimum atomic E-state index is -0.124. The molecule has 0 saturated heterocycles. The molecule has 0 amide bonds. The first kappa shape index (κ1) is 16.3. The predicted octanol–water partition coefficient (Wildman–Crippen LogP) is 5.41. The standard InChI is InChI=1S/C25H23NO/c1-26-22-14-13-19-10-5-6-12-21(19)23(22)25(16-18-8-3-2-4-9-18)15-7-11-20(17-27)24(25)26/h2-6,8-10,12-14,17H,7,11,15-16H2,1H3. The number of nitrogens with zero attached hydrogens (tertiary/aromatic N) is 1. The molecule has 27 heavy (non-hydrogen) atoms. The maximum absolute atomic E-state index is 12.0. The second-order valence-electron chi connectivity index (χ2n) is 7.83. The molecule has 2 heteroatoms. The summed E-state index contributed by atoms with van der Waals surface area (Å²) in [4.78, 5) is 14.3. The molecule has 5 rings (SSSR count). The third-order valence-electron chi connectivity index (χ3n) is 6.38. The van der Waals surface area contributed by atoms with Gasteiger partial charge in [-0.05, 0) is 53.6 Å². The zero-order chi connectivity index (χ0) is 18.4. The van der Waals surface area contributed by atoms with Gasteiger partial charge in [-0.15, -0.1) is 0 Å². The van der Waals surface area contributed by atoms with Crippen LogP contribution in [0, 0.1) is 0 Å². The normalized spacial score (nSPS) is 21.3. The number of hydrogen-bond acceptors (Lipinski definition) is 2. The largest absolute Gasteiger partial charge is 0.347 e. The lowest BCUT2D eigenvalue weighted by Gasteiger charge is -2.38. The van der Waals surface area contributed by atoms with Crippen LogP contribution in [0.5, 0.6) is 0 Å². The number of likely N-dealkylation sites (N-methyl/N-ethyl adjacent to an activating group) is 1. The maximum Gasteiger partial charge on any atom is 0.147 e. The maximum atomic E-state index is 12.0. The van der Waals surface area contributed by atoms with Gasteiger partial charge in [0.2, 0.25) is 0 Å². The van der Waals surface area contributed by atoms with E-state index in [4.69, 9.17) is 0 Å². The summed E-state index contributed by atoms with van der Waals surface area (Å²) in [6.07, 6.45) is 5.05. The highest BCUT2D eigenvalue weighted by Gasteiger charge is 2.49. The Kier molecular flexibility index (Phi) is 3.68. The summed E-state index contributed by atoms with van der Waals surface area (Å²) in [6.45, 7) is 0. The number of aldehydes is 1. The average Bonchev–Trinajstić information content (AvgIpc) is 2.97. The van der Waals surface area contributed by atoms with E-state index in [2.05, 4.69) is 78.7 Å². The minimum absolute atomic E-state index is 0.124. The second kappa shape index (κ2) is 6.09. The van der Waals surface area contributed by atoms with E-state index in [9.17, 15) is 4.79 Å². The van der Waals surface area contributed by atoms with Crippen molar-refractivity contribution in [3.05, 3.63) is 89.1 Å². The minimum Gasteiger partial charge on any atom is -0.347 e. The summed E-state index contributed by atoms with van der Waals surface area (Å²) >= 11 is 0. The molecule has 2 aliphatic rings. The summed E-state index contributed by atoms with van der Waals surface area (Å²) in [5, 5.41) is 2.59. The first-order valence-electron chi connectivity index (χ1n) is 9.73. The number of allylic oxidation sites excluding steroid dienone is 2. The number of benzene rings is 3. The molecule has 0 fully saturated rings. The van der Waals surface area contributed by atoms with Gasteiger partial charge in [-0.1, -0.05) is 60.7 Å². The van der Waals surface area contributed by atoms with Gasteiger partial charge in [0, 0.05) is 29.4 Å². The van der Waals surface area contributed by atoms with Crippen molar-refractivity contribution in [1.29, 1.82) is 0 Å². The monoisotopic (exact) mass is 353 g/mol. The van der Waals surface area contributed by atoms with Crippen molar-refractivity contribution in [3.8, 4) is 0 Å². The van der Waals surface area contributed by atoms with E-state index in [1.165, 1.54) is 33.3 Å². The van der Waals surface area contributed by atoms with Crippen molar-refractivity contribution < 1.29 is 4.79 Å². The number of carbonyl (C=O) groups is 1. The zero-order valence-corrected chi connectivity index (χ0v) is 15.6. The summed E-state index contributed by atoms with van der Waals surface area (Å²) in [5.74, 6) is 0. The third-order valence-corrected chi connectivity index (χ3v) is 6.38. The Morgan fingerprint density at radius 1 is 1.00 bits per heavy atom. The van der Waals surface area contributed by atoms with Crippen LogP contribution in [0.2, 0.25) is 0 Å². The van der Waals surface area contributed by atoms with Gasteiger partial charge in [0.05, 0.1) is 0 Å². The van der Waals surface area contributed by atoms with Crippen molar-refractivity contribution in [2.45, 2.75) is 31.1 Å². The van der Waals surface area contributed by atoms with Crippen LogP contribution in [0.4, 0.5) is 5.69 Å². The number of carbonyl (C=O) groups excluding carboxylic acids is 1. The highest BCUT2D eigenvalue weighted by Crippen LogP contribution is 2.57. The van der Waals surface area contributed by atoms with Crippen LogP contribution in [-0.2, 0) is 16.6 Å². The molecule has 2 nitrogen and oxygen atoms in total. The van der Waals surface area contributed by atoms with Gasteiger partial charge in [0.25, 0.3) is 0 Å². The summed E-state index contributed by atoms with van der Waals surface area (Å²) in [6, 6.07) is 23.8. The third kappa shape index (κ3) is 2.29. The molecule has 1 aliphatic carbocycles. The van der Waals surface area contributed by atoms with Crippen LogP contribution in [0.1, 0.15) is 30.4 Å². The van der Waals surface area contributed by atoms with Crippen LogP contribution >= 0.6 is 0 Å². The van der Waals surface area contributed by atoms with Crippen LogP contribution in [0.25, 0.3) is 10.8 Å².